The minimum absolute atomic E-state index is 0.210. The van der Waals surface area contributed by atoms with Crippen molar-refractivity contribution in [2.24, 2.45) is 11.7 Å². The van der Waals surface area contributed by atoms with Crippen molar-refractivity contribution in [1.29, 1.82) is 0 Å². The Morgan fingerprint density at radius 1 is 1.24 bits per heavy atom. The Morgan fingerprint density at radius 2 is 1.92 bits per heavy atom. The van der Waals surface area contributed by atoms with Gasteiger partial charge >= 0.3 is 0 Å². The monoisotopic (exact) mass is 367 g/mol. The predicted octanol–water partition coefficient (Wildman–Crippen LogP) is 1.85. The molecule has 6 nitrogen and oxygen atoms in total. The fraction of sp³-hybridized carbons (Fsp3) is 0.611. The Kier molecular flexibility index (Phi) is 6.98. The van der Waals surface area contributed by atoms with Crippen LogP contribution in [0, 0.1) is 5.92 Å². The van der Waals surface area contributed by atoms with Crippen LogP contribution in [0.3, 0.4) is 0 Å². The summed E-state index contributed by atoms with van der Waals surface area (Å²) in [5.74, 6) is 0.136. The van der Waals surface area contributed by atoms with Gasteiger partial charge in [-0.05, 0) is 42.9 Å². The average molecular weight is 368 g/mol. The number of amides is 1. The van der Waals surface area contributed by atoms with Crippen LogP contribution in [0.15, 0.2) is 29.2 Å². The van der Waals surface area contributed by atoms with E-state index in [1.54, 1.807) is 22.5 Å². The smallest absolute Gasteiger partial charge is 0.243 e. The van der Waals surface area contributed by atoms with E-state index >= 15 is 0 Å². The highest BCUT2D eigenvalue weighted by atomic mass is 32.2. The van der Waals surface area contributed by atoms with E-state index in [0.717, 1.165) is 24.8 Å². The number of hydrogen-bond donors (Lipinski definition) is 2. The molecule has 1 atom stereocenters. The Morgan fingerprint density at radius 3 is 2.56 bits per heavy atom. The summed E-state index contributed by atoms with van der Waals surface area (Å²) >= 11 is 0. The van der Waals surface area contributed by atoms with E-state index in [1.165, 1.54) is 0 Å². The summed E-state index contributed by atoms with van der Waals surface area (Å²) in [6, 6.07) is 6.23. The van der Waals surface area contributed by atoms with E-state index < -0.39 is 16.1 Å². The summed E-state index contributed by atoms with van der Waals surface area (Å²) < 4.78 is 27.0. The van der Waals surface area contributed by atoms with Gasteiger partial charge in [0.1, 0.15) is 0 Å². The number of piperidine rings is 1. The first-order valence-electron chi connectivity index (χ1n) is 8.93. The molecule has 1 aliphatic heterocycles. The second-order valence-electron chi connectivity index (χ2n) is 7.07. The topological polar surface area (TPSA) is 92.5 Å². The molecule has 7 heteroatoms. The number of benzene rings is 1. The lowest BCUT2D eigenvalue weighted by atomic mass is 10.0. The lowest BCUT2D eigenvalue weighted by molar-refractivity contribution is -0.122. The van der Waals surface area contributed by atoms with Gasteiger partial charge in [0, 0.05) is 19.6 Å². The standard InChI is InChI=1S/C18H29N3O3S/c1-14(2)11-17(19)18(22)20-13-15-7-6-8-16(12-15)25(23,24)21-9-4-3-5-10-21/h6-8,12,14,17H,3-5,9-11,13,19H2,1-2H3,(H,20,22)/t17-/m0/s1. The van der Waals surface area contributed by atoms with Crippen molar-refractivity contribution in [1.82, 2.24) is 9.62 Å². The zero-order valence-corrected chi connectivity index (χ0v) is 15.9. The van der Waals surface area contributed by atoms with Gasteiger partial charge < -0.3 is 11.1 Å². The molecule has 0 spiro atoms. The number of nitrogens with zero attached hydrogens (tertiary/aromatic N) is 1. The van der Waals surface area contributed by atoms with Crippen LogP contribution >= 0.6 is 0 Å². The van der Waals surface area contributed by atoms with Crippen molar-refractivity contribution < 1.29 is 13.2 Å². The van der Waals surface area contributed by atoms with E-state index in [2.05, 4.69) is 5.32 Å². The third-order valence-electron chi connectivity index (χ3n) is 4.38. The van der Waals surface area contributed by atoms with Gasteiger partial charge in [-0.1, -0.05) is 32.4 Å². The zero-order chi connectivity index (χ0) is 18.4. The fourth-order valence-corrected chi connectivity index (χ4v) is 4.59. The van der Waals surface area contributed by atoms with Crippen molar-refractivity contribution in [3.8, 4) is 0 Å². The number of nitrogens with two attached hydrogens (primary N) is 1. The summed E-state index contributed by atoms with van der Waals surface area (Å²) in [6.45, 7) is 5.46. The lowest BCUT2D eigenvalue weighted by Gasteiger charge is -2.26. The highest BCUT2D eigenvalue weighted by Crippen LogP contribution is 2.21. The molecule has 2 rings (SSSR count). The highest BCUT2D eigenvalue weighted by Gasteiger charge is 2.26. The third-order valence-corrected chi connectivity index (χ3v) is 6.27. The van der Waals surface area contributed by atoms with Crippen LogP contribution in [0.4, 0.5) is 0 Å². The minimum atomic E-state index is -3.46. The van der Waals surface area contributed by atoms with Gasteiger partial charge in [-0.2, -0.15) is 4.31 Å². The zero-order valence-electron chi connectivity index (χ0n) is 15.1. The molecule has 1 aliphatic rings. The summed E-state index contributed by atoms with van der Waals surface area (Å²) in [6.07, 6.45) is 3.51. The number of hydrogen-bond acceptors (Lipinski definition) is 4. The SMILES string of the molecule is CC(C)C[C@H](N)C(=O)NCc1cccc(S(=O)(=O)N2CCCCC2)c1. The molecule has 0 unspecified atom stereocenters. The molecule has 0 aromatic heterocycles. The summed E-state index contributed by atoms with van der Waals surface area (Å²) in [4.78, 5) is 12.3. The first-order valence-corrected chi connectivity index (χ1v) is 10.4. The number of carbonyl (C=O) groups is 1. The summed E-state index contributed by atoms with van der Waals surface area (Å²) in [7, 11) is -3.46. The predicted molar refractivity (Wildman–Crippen MR) is 98.3 cm³/mol. The molecule has 3 N–H and O–H groups in total. The van der Waals surface area contributed by atoms with Gasteiger partial charge in [0.15, 0.2) is 0 Å². The van der Waals surface area contributed by atoms with E-state index in [9.17, 15) is 13.2 Å². The Bertz CT molecular complexity index is 683. The van der Waals surface area contributed by atoms with Gasteiger partial charge in [-0.3, -0.25) is 4.79 Å². The molecule has 1 saturated heterocycles. The molecular weight excluding hydrogens is 338 g/mol. The molecule has 140 valence electrons. The van der Waals surface area contributed by atoms with Crippen LogP contribution in [0.1, 0.15) is 45.1 Å². The van der Waals surface area contributed by atoms with Gasteiger partial charge in [0.2, 0.25) is 15.9 Å². The number of sulfonamides is 1. The van der Waals surface area contributed by atoms with Crippen molar-refractivity contribution in [2.45, 2.75) is 57.0 Å². The molecule has 1 heterocycles. The number of rotatable bonds is 7. The van der Waals surface area contributed by atoms with E-state index in [4.69, 9.17) is 5.73 Å². The third kappa shape index (κ3) is 5.52. The molecule has 0 aliphatic carbocycles. The number of nitrogens with one attached hydrogen (secondary N) is 1. The molecule has 0 radical (unpaired) electrons. The normalized spacial score (nSPS) is 17.4. The van der Waals surface area contributed by atoms with Gasteiger partial charge in [-0.15, -0.1) is 0 Å². The summed E-state index contributed by atoms with van der Waals surface area (Å²) in [5, 5.41) is 2.79. The maximum atomic E-state index is 12.7. The first kappa shape index (κ1) is 19.9. The Labute approximate surface area is 150 Å². The van der Waals surface area contributed by atoms with Crippen LogP contribution in [0.2, 0.25) is 0 Å². The fourth-order valence-electron chi connectivity index (χ4n) is 3.01. The molecule has 1 aromatic carbocycles. The van der Waals surface area contributed by atoms with Crippen LogP contribution in [-0.4, -0.2) is 37.8 Å². The lowest BCUT2D eigenvalue weighted by Crippen LogP contribution is -2.41. The molecule has 0 saturated carbocycles. The maximum absolute atomic E-state index is 12.7. The molecule has 0 bridgehead atoms. The highest BCUT2D eigenvalue weighted by molar-refractivity contribution is 7.89. The molecule has 25 heavy (non-hydrogen) atoms. The van der Waals surface area contributed by atoms with E-state index in [0.29, 0.717) is 25.4 Å². The van der Waals surface area contributed by atoms with Crippen LogP contribution in [0.5, 0.6) is 0 Å². The molecule has 1 amide bonds. The van der Waals surface area contributed by atoms with E-state index in [-0.39, 0.29) is 17.3 Å². The largest absolute Gasteiger partial charge is 0.351 e. The maximum Gasteiger partial charge on any atom is 0.243 e. The summed E-state index contributed by atoms with van der Waals surface area (Å²) in [5.41, 5.74) is 6.62. The van der Waals surface area contributed by atoms with Gasteiger partial charge in [-0.25, -0.2) is 8.42 Å². The van der Waals surface area contributed by atoms with Crippen molar-refractivity contribution in [3.05, 3.63) is 29.8 Å². The average Bonchev–Trinajstić information content (AvgIpc) is 2.60. The van der Waals surface area contributed by atoms with Crippen LogP contribution in [-0.2, 0) is 21.4 Å². The Balaban J connectivity index is 2.02. The Hall–Kier alpha value is -1.44. The van der Waals surface area contributed by atoms with E-state index in [1.807, 2.05) is 19.9 Å². The van der Waals surface area contributed by atoms with Crippen LogP contribution in [0.25, 0.3) is 0 Å². The quantitative estimate of drug-likeness (QED) is 0.769. The second kappa shape index (κ2) is 8.78. The van der Waals surface area contributed by atoms with Gasteiger partial charge in [0.25, 0.3) is 0 Å². The number of carbonyl (C=O) groups excluding carboxylic acids is 1. The van der Waals surface area contributed by atoms with Crippen molar-refractivity contribution in [3.63, 3.8) is 0 Å². The molecular formula is C18H29N3O3S. The van der Waals surface area contributed by atoms with Gasteiger partial charge in [0.05, 0.1) is 10.9 Å². The molecule has 1 fully saturated rings. The van der Waals surface area contributed by atoms with Crippen molar-refractivity contribution in [2.75, 3.05) is 13.1 Å². The van der Waals surface area contributed by atoms with Crippen LogP contribution < -0.4 is 11.1 Å². The minimum Gasteiger partial charge on any atom is -0.351 e. The second-order valence-corrected chi connectivity index (χ2v) is 9.00. The molecule has 1 aromatic rings. The first-order chi connectivity index (χ1) is 11.8. The van der Waals surface area contributed by atoms with Crippen molar-refractivity contribution >= 4 is 15.9 Å².